The second kappa shape index (κ2) is 3.39. The van der Waals surface area contributed by atoms with Crippen molar-refractivity contribution in [3.8, 4) is 0 Å². The number of allylic oxidation sites excluding steroid dienone is 4. The van der Waals surface area contributed by atoms with Gasteiger partial charge in [0.15, 0.2) is 0 Å². The van der Waals surface area contributed by atoms with Crippen LogP contribution in [0.1, 0.15) is 6.42 Å². The lowest BCUT2D eigenvalue weighted by Crippen LogP contribution is -2.15. The van der Waals surface area contributed by atoms with E-state index in [9.17, 15) is 4.21 Å². The van der Waals surface area contributed by atoms with Crippen LogP contribution in [0.5, 0.6) is 0 Å². The first-order chi connectivity index (χ1) is 5.27. The molecule has 0 radical (unpaired) electrons. The van der Waals surface area contributed by atoms with Gasteiger partial charge in [0.1, 0.15) is 5.76 Å². The predicted molar refractivity (Wildman–Crippen MR) is 45.1 cm³/mol. The number of hydrogen-bond donors (Lipinski definition) is 1. The van der Waals surface area contributed by atoms with Crippen LogP contribution in [0.25, 0.3) is 0 Å². The van der Waals surface area contributed by atoms with Gasteiger partial charge in [-0.2, -0.15) is 0 Å². The number of methoxy groups -OCH3 is 1. The molecule has 1 aliphatic carbocycles. The van der Waals surface area contributed by atoms with Gasteiger partial charge in [0, 0.05) is 12.1 Å². The van der Waals surface area contributed by atoms with Crippen molar-refractivity contribution in [2.45, 2.75) is 6.42 Å². The molecule has 0 bridgehead atoms. The van der Waals surface area contributed by atoms with Crippen molar-refractivity contribution in [2.24, 2.45) is 5.73 Å². The van der Waals surface area contributed by atoms with Gasteiger partial charge in [-0.3, -0.25) is 0 Å². The highest BCUT2D eigenvalue weighted by Gasteiger charge is 2.10. The summed E-state index contributed by atoms with van der Waals surface area (Å²) in [6.45, 7) is 0. The molecule has 0 aromatic rings. The van der Waals surface area contributed by atoms with E-state index in [1.807, 2.05) is 0 Å². The number of rotatable bonds is 1. The summed E-state index contributed by atoms with van der Waals surface area (Å²) in [5.41, 5.74) is 6.06. The summed E-state index contributed by atoms with van der Waals surface area (Å²) >= 11 is 0.426. The van der Waals surface area contributed by atoms with Crippen LogP contribution in [-0.4, -0.2) is 16.2 Å². The highest BCUT2D eigenvalue weighted by Crippen LogP contribution is 2.11. The monoisotopic (exact) mass is 171 g/mol. The van der Waals surface area contributed by atoms with Crippen molar-refractivity contribution in [1.29, 1.82) is 0 Å². The first-order valence-corrected chi connectivity index (χ1v) is 3.88. The van der Waals surface area contributed by atoms with E-state index < -0.39 is 0 Å². The molecule has 1 rings (SSSR count). The molecule has 0 atom stereocenters. The fraction of sp³-hybridized carbons (Fsp3) is 0.286. The van der Waals surface area contributed by atoms with E-state index >= 15 is 0 Å². The molecule has 3 nitrogen and oxygen atoms in total. The summed E-state index contributed by atoms with van der Waals surface area (Å²) in [5.74, 6) is 0.776. The van der Waals surface area contributed by atoms with E-state index in [1.54, 1.807) is 19.3 Å². The average molecular weight is 171 g/mol. The minimum absolute atomic E-state index is 0.426. The highest BCUT2D eigenvalue weighted by molar-refractivity contribution is 7.67. The molecular formula is C7H9NO2S. The van der Waals surface area contributed by atoms with Crippen LogP contribution in [0.4, 0.5) is 0 Å². The fourth-order valence-electron chi connectivity index (χ4n) is 0.813. The van der Waals surface area contributed by atoms with Crippen LogP contribution in [0.2, 0.25) is 0 Å². The van der Waals surface area contributed by atoms with E-state index in [4.69, 9.17) is 10.5 Å². The van der Waals surface area contributed by atoms with Crippen molar-refractivity contribution >= 4 is 16.1 Å². The van der Waals surface area contributed by atoms with Gasteiger partial charge in [-0.15, -0.1) is 0 Å². The summed E-state index contributed by atoms with van der Waals surface area (Å²) in [6.07, 6.45) is 3.98. The van der Waals surface area contributed by atoms with Crippen LogP contribution < -0.4 is 5.73 Å². The van der Waals surface area contributed by atoms with E-state index in [-0.39, 0.29) is 0 Å². The van der Waals surface area contributed by atoms with Gasteiger partial charge < -0.3 is 10.5 Å². The Hall–Kier alpha value is -1.03. The molecule has 4 heteroatoms. The zero-order valence-electron chi connectivity index (χ0n) is 6.16. The molecule has 0 aromatic heterocycles. The van der Waals surface area contributed by atoms with E-state index in [0.29, 0.717) is 28.2 Å². The Kier molecular flexibility index (Phi) is 2.48. The van der Waals surface area contributed by atoms with Crippen molar-refractivity contribution in [3.63, 3.8) is 0 Å². The van der Waals surface area contributed by atoms with Crippen LogP contribution in [-0.2, 0) is 16.0 Å². The molecule has 0 amide bonds. The molecule has 0 unspecified atom stereocenters. The van der Waals surface area contributed by atoms with Crippen molar-refractivity contribution in [2.75, 3.05) is 7.11 Å². The lowest BCUT2D eigenvalue weighted by molar-refractivity contribution is 0.287. The van der Waals surface area contributed by atoms with Crippen LogP contribution in [0.3, 0.4) is 0 Å². The summed E-state index contributed by atoms with van der Waals surface area (Å²) in [6, 6.07) is 0. The SMILES string of the molecule is COC1=CC=C(N)C(=S=O)C1. The Morgan fingerprint density at radius 1 is 1.64 bits per heavy atom. The van der Waals surface area contributed by atoms with Crippen LogP contribution >= 0.6 is 0 Å². The fourth-order valence-corrected chi connectivity index (χ4v) is 1.18. The number of nitrogens with two attached hydrogens (primary N) is 1. The highest BCUT2D eigenvalue weighted by atomic mass is 32.1. The van der Waals surface area contributed by atoms with E-state index in [2.05, 4.69) is 0 Å². The quantitative estimate of drug-likeness (QED) is 0.571. The van der Waals surface area contributed by atoms with Gasteiger partial charge in [0.05, 0.1) is 23.2 Å². The van der Waals surface area contributed by atoms with Gasteiger partial charge in [0.2, 0.25) is 0 Å². The Balaban J connectivity index is 2.92. The Bertz CT molecular complexity index is 274. The smallest absolute Gasteiger partial charge is 0.101 e. The Morgan fingerprint density at radius 2 is 2.36 bits per heavy atom. The minimum atomic E-state index is 0.426. The maximum atomic E-state index is 10.4. The first kappa shape index (κ1) is 8.07. The molecule has 0 fully saturated rings. The van der Waals surface area contributed by atoms with Gasteiger partial charge in [-0.25, -0.2) is 4.21 Å². The topological polar surface area (TPSA) is 52.3 Å². The molecule has 2 N–H and O–H groups in total. The third-order valence-electron chi connectivity index (χ3n) is 1.47. The minimum Gasteiger partial charge on any atom is -0.501 e. The van der Waals surface area contributed by atoms with E-state index in [0.717, 1.165) is 5.76 Å². The Labute approximate surface area is 68.6 Å². The molecule has 0 aliphatic heterocycles. The Morgan fingerprint density at radius 3 is 2.91 bits per heavy atom. The average Bonchev–Trinajstić information content (AvgIpc) is 2.05. The van der Waals surface area contributed by atoms with Gasteiger partial charge in [-0.05, 0) is 12.2 Å². The molecule has 0 spiro atoms. The molecule has 0 heterocycles. The standard InChI is InChI=1S/C7H9NO2S/c1-10-5-2-3-6(8)7(4-5)11-9/h2-3H,4,8H2,1H3. The normalized spacial score (nSPS) is 17.0. The summed E-state index contributed by atoms with van der Waals surface area (Å²) in [5, 5.41) is 0. The maximum absolute atomic E-state index is 10.4. The largest absolute Gasteiger partial charge is 0.501 e. The van der Waals surface area contributed by atoms with Gasteiger partial charge in [0.25, 0.3) is 0 Å². The summed E-state index contributed by atoms with van der Waals surface area (Å²) in [4.78, 5) is 0.629. The molecule has 60 valence electrons. The van der Waals surface area contributed by atoms with Crippen LogP contribution in [0.15, 0.2) is 23.6 Å². The lowest BCUT2D eigenvalue weighted by atomic mass is 10.1. The van der Waals surface area contributed by atoms with Gasteiger partial charge >= 0.3 is 0 Å². The second-order valence-corrected chi connectivity index (χ2v) is 2.80. The molecule has 0 saturated heterocycles. The van der Waals surface area contributed by atoms with E-state index in [1.165, 1.54) is 0 Å². The number of hydrogen-bond acceptors (Lipinski definition) is 3. The summed E-state index contributed by atoms with van der Waals surface area (Å²) < 4.78 is 15.4. The number of ether oxygens (including phenoxy) is 1. The summed E-state index contributed by atoms with van der Waals surface area (Å²) in [7, 11) is 1.58. The zero-order valence-corrected chi connectivity index (χ0v) is 6.98. The van der Waals surface area contributed by atoms with Gasteiger partial charge in [-0.1, -0.05) is 0 Å². The molecular weight excluding hydrogens is 162 g/mol. The third kappa shape index (κ3) is 1.71. The van der Waals surface area contributed by atoms with Crippen molar-refractivity contribution in [1.82, 2.24) is 0 Å². The first-order valence-electron chi connectivity index (χ1n) is 3.14. The predicted octanol–water partition coefficient (Wildman–Crippen LogP) is 0.148. The zero-order chi connectivity index (χ0) is 8.27. The van der Waals surface area contributed by atoms with Crippen molar-refractivity contribution in [3.05, 3.63) is 23.6 Å². The second-order valence-electron chi connectivity index (χ2n) is 2.14. The maximum Gasteiger partial charge on any atom is 0.101 e. The van der Waals surface area contributed by atoms with Crippen molar-refractivity contribution < 1.29 is 8.95 Å². The molecule has 1 aliphatic rings. The lowest BCUT2D eigenvalue weighted by Gasteiger charge is -2.10. The molecule has 0 saturated carbocycles. The molecule has 0 aromatic carbocycles. The van der Waals surface area contributed by atoms with Crippen LogP contribution in [0, 0.1) is 0 Å². The third-order valence-corrected chi connectivity index (χ3v) is 2.05. The molecule has 11 heavy (non-hydrogen) atoms.